The van der Waals surface area contributed by atoms with E-state index >= 15 is 0 Å². The zero-order valence-electron chi connectivity index (χ0n) is 7.60. The van der Waals surface area contributed by atoms with Gasteiger partial charge in [-0.25, -0.2) is 4.79 Å². The van der Waals surface area contributed by atoms with E-state index in [0.717, 1.165) is 13.0 Å². The van der Waals surface area contributed by atoms with Gasteiger partial charge in [-0.05, 0) is 0 Å². The summed E-state index contributed by atoms with van der Waals surface area (Å²) in [6.07, 6.45) is 0.643. The maximum absolute atomic E-state index is 10.5. The monoisotopic (exact) mass is 188 g/mol. The summed E-state index contributed by atoms with van der Waals surface area (Å²) >= 11 is 0. The quantitative estimate of drug-likeness (QED) is 0.475. The Hall–Kier alpha value is -1.10. The number of likely N-dealkylation sites (N-methyl/N-ethyl adjacent to an activating group) is 1. The topological polar surface area (TPSA) is 63.6 Å². The maximum atomic E-state index is 10.5. The summed E-state index contributed by atoms with van der Waals surface area (Å²) in [5, 5.41) is 8.63. The maximum Gasteiger partial charge on any atom is 0.359 e. The van der Waals surface area contributed by atoms with Crippen molar-refractivity contribution in [2.75, 3.05) is 26.7 Å². The van der Waals surface area contributed by atoms with Crippen LogP contribution in [0.2, 0.25) is 0 Å². The van der Waals surface area contributed by atoms with Crippen LogP contribution in [0.3, 0.4) is 0 Å². The second kappa shape index (κ2) is 3.74. The molecule has 13 heavy (non-hydrogen) atoms. The van der Waals surface area contributed by atoms with Crippen LogP contribution in [-0.2, 0) is 14.3 Å². The first-order valence-electron chi connectivity index (χ1n) is 4.20. The third-order valence-electron chi connectivity index (χ3n) is 2.40. The van der Waals surface area contributed by atoms with Gasteiger partial charge in [0.2, 0.25) is 0 Å². The first kappa shape index (κ1) is 9.98. The molecule has 1 aliphatic rings. The number of hydrogen-bond donors (Lipinski definition) is 1. The molecule has 5 nitrogen and oxygen atoms in total. The van der Waals surface area contributed by atoms with Crippen LogP contribution in [0, 0.1) is 0 Å². The molecule has 0 aromatic carbocycles. The Morgan fingerprint density at radius 2 is 2.46 bits per heavy atom. The van der Waals surface area contributed by atoms with Crippen LogP contribution in [0.1, 0.15) is 6.42 Å². The Kier molecular flexibility index (Phi) is 2.87. The van der Waals surface area contributed by atoms with Gasteiger partial charge in [-0.15, -0.1) is 0 Å². The standard InChI is InChI=1S/C8H13NO4/c1-9(5-8(11)12)3-2-7(4-9)13-6-10/h6-7H,2-5H2,1H3/p+1. The molecule has 0 bridgehead atoms. The highest BCUT2D eigenvalue weighted by atomic mass is 16.5. The minimum atomic E-state index is -0.811. The third kappa shape index (κ3) is 2.69. The number of ether oxygens (including phenoxy) is 1. The van der Waals surface area contributed by atoms with E-state index in [4.69, 9.17) is 9.84 Å². The predicted octanol–water partition coefficient (Wildman–Crippen LogP) is -0.537. The molecule has 1 heterocycles. The number of carbonyl (C=O) groups is 2. The van der Waals surface area contributed by atoms with Gasteiger partial charge < -0.3 is 14.3 Å². The van der Waals surface area contributed by atoms with E-state index < -0.39 is 5.97 Å². The molecule has 74 valence electrons. The van der Waals surface area contributed by atoms with Gasteiger partial charge in [0, 0.05) is 6.42 Å². The van der Waals surface area contributed by atoms with E-state index in [0.29, 0.717) is 17.5 Å². The molecule has 0 aromatic heterocycles. The Morgan fingerprint density at radius 1 is 1.77 bits per heavy atom. The van der Waals surface area contributed by atoms with Gasteiger partial charge in [0.05, 0.1) is 13.6 Å². The number of carbonyl (C=O) groups excluding carboxylic acids is 1. The molecular weight excluding hydrogens is 174 g/mol. The molecule has 2 unspecified atom stereocenters. The Morgan fingerprint density at radius 3 is 3.00 bits per heavy atom. The zero-order valence-corrected chi connectivity index (χ0v) is 7.60. The predicted molar refractivity (Wildman–Crippen MR) is 44.0 cm³/mol. The highest BCUT2D eigenvalue weighted by molar-refractivity contribution is 5.67. The highest BCUT2D eigenvalue weighted by Gasteiger charge is 2.37. The fraction of sp³-hybridized carbons (Fsp3) is 0.750. The average molecular weight is 188 g/mol. The van der Waals surface area contributed by atoms with Gasteiger partial charge in [0.15, 0.2) is 12.6 Å². The van der Waals surface area contributed by atoms with E-state index in [9.17, 15) is 9.59 Å². The first-order chi connectivity index (χ1) is 6.06. The molecule has 2 atom stereocenters. The summed E-state index contributed by atoms with van der Waals surface area (Å²) < 4.78 is 5.24. The summed E-state index contributed by atoms with van der Waals surface area (Å²) in [5.41, 5.74) is 0. The van der Waals surface area contributed by atoms with Gasteiger partial charge in [-0.2, -0.15) is 0 Å². The summed E-state index contributed by atoms with van der Waals surface area (Å²) in [4.78, 5) is 20.5. The summed E-state index contributed by atoms with van der Waals surface area (Å²) in [6.45, 7) is 1.88. The normalized spacial score (nSPS) is 32.8. The number of quaternary nitrogens is 1. The van der Waals surface area contributed by atoms with E-state index in [2.05, 4.69) is 0 Å². The number of carboxylic acids is 1. The Labute approximate surface area is 76.5 Å². The molecule has 0 amide bonds. The molecule has 0 radical (unpaired) electrons. The molecule has 1 N–H and O–H groups in total. The fourth-order valence-electron chi connectivity index (χ4n) is 1.79. The van der Waals surface area contributed by atoms with Crippen LogP contribution in [0.4, 0.5) is 0 Å². The lowest BCUT2D eigenvalue weighted by molar-refractivity contribution is -0.891. The molecule has 0 aliphatic carbocycles. The van der Waals surface area contributed by atoms with E-state index in [1.54, 1.807) is 0 Å². The number of aliphatic carboxylic acids is 1. The Bertz CT molecular complexity index is 218. The molecular formula is C8H14NO4+. The van der Waals surface area contributed by atoms with Crippen molar-refractivity contribution in [3.05, 3.63) is 0 Å². The lowest BCUT2D eigenvalue weighted by atomic mass is 10.3. The van der Waals surface area contributed by atoms with Crippen molar-refractivity contribution in [1.29, 1.82) is 0 Å². The summed E-state index contributed by atoms with van der Waals surface area (Å²) in [6, 6.07) is 0. The van der Waals surface area contributed by atoms with Crippen LogP contribution in [0.25, 0.3) is 0 Å². The lowest BCUT2D eigenvalue weighted by Crippen LogP contribution is -2.46. The van der Waals surface area contributed by atoms with Crippen molar-refractivity contribution in [3.63, 3.8) is 0 Å². The van der Waals surface area contributed by atoms with Gasteiger partial charge in [0.25, 0.3) is 6.47 Å². The van der Waals surface area contributed by atoms with Crippen LogP contribution in [0.5, 0.6) is 0 Å². The first-order valence-corrected chi connectivity index (χ1v) is 4.20. The van der Waals surface area contributed by atoms with Crippen LogP contribution in [0.15, 0.2) is 0 Å². The molecule has 5 heteroatoms. The number of nitrogens with zero attached hydrogens (tertiary/aromatic N) is 1. The van der Waals surface area contributed by atoms with Crippen LogP contribution in [-0.4, -0.2) is 54.8 Å². The molecule has 0 spiro atoms. The highest BCUT2D eigenvalue weighted by Crippen LogP contribution is 2.18. The van der Waals surface area contributed by atoms with Gasteiger partial charge in [0.1, 0.15) is 6.54 Å². The smallest absolute Gasteiger partial charge is 0.359 e. The van der Waals surface area contributed by atoms with Gasteiger partial charge in [-0.1, -0.05) is 0 Å². The number of hydrogen-bond acceptors (Lipinski definition) is 3. The molecule has 1 fully saturated rings. The van der Waals surface area contributed by atoms with Crippen molar-refractivity contribution in [3.8, 4) is 0 Å². The second-order valence-corrected chi connectivity index (χ2v) is 3.72. The van der Waals surface area contributed by atoms with Crippen molar-refractivity contribution in [2.45, 2.75) is 12.5 Å². The SMILES string of the molecule is C[N+]1(CC(=O)O)CCC(OC=O)C1. The molecule has 1 rings (SSSR count). The minimum Gasteiger partial charge on any atom is -0.477 e. The molecule has 1 aliphatic heterocycles. The van der Waals surface area contributed by atoms with E-state index in [1.165, 1.54) is 0 Å². The Balaban J connectivity index is 2.45. The average Bonchev–Trinajstić information content (AvgIpc) is 2.31. The molecule has 1 saturated heterocycles. The van der Waals surface area contributed by atoms with Crippen molar-refractivity contribution >= 4 is 12.4 Å². The number of rotatable bonds is 4. The number of likely N-dealkylation sites (tertiary alicyclic amines) is 1. The van der Waals surface area contributed by atoms with Crippen molar-refractivity contribution in [1.82, 2.24) is 0 Å². The van der Waals surface area contributed by atoms with Crippen molar-refractivity contribution < 1.29 is 23.9 Å². The second-order valence-electron chi connectivity index (χ2n) is 3.72. The summed E-state index contributed by atoms with van der Waals surface area (Å²) in [7, 11) is 1.86. The van der Waals surface area contributed by atoms with Gasteiger partial charge >= 0.3 is 5.97 Å². The third-order valence-corrected chi connectivity index (χ3v) is 2.40. The largest absolute Gasteiger partial charge is 0.477 e. The molecule has 0 saturated carbocycles. The number of carboxylic acid groups (broad SMARTS) is 1. The van der Waals surface area contributed by atoms with Crippen LogP contribution >= 0.6 is 0 Å². The minimum absolute atomic E-state index is 0.0959. The fourth-order valence-corrected chi connectivity index (χ4v) is 1.79. The lowest BCUT2D eigenvalue weighted by Gasteiger charge is -2.26. The van der Waals surface area contributed by atoms with Gasteiger partial charge in [-0.3, -0.25) is 4.79 Å². The zero-order chi connectivity index (χ0) is 9.90. The van der Waals surface area contributed by atoms with Crippen molar-refractivity contribution in [2.24, 2.45) is 0 Å². The van der Waals surface area contributed by atoms with E-state index in [-0.39, 0.29) is 12.6 Å². The van der Waals surface area contributed by atoms with Crippen LogP contribution < -0.4 is 0 Å². The molecule has 0 aromatic rings. The van der Waals surface area contributed by atoms with E-state index in [1.807, 2.05) is 7.05 Å². The summed E-state index contributed by atoms with van der Waals surface area (Å²) in [5.74, 6) is -0.811.